The lowest BCUT2D eigenvalue weighted by atomic mass is 10.0. The molecule has 168 valence electrons. The first kappa shape index (κ1) is 22.1. The number of hydrogen-bond acceptors (Lipinski definition) is 6. The van der Waals surface area contributed by atoms with Crippen LogP contribution in [0.15, 0.2) is 48.5 Å². The van der Waals surface area contributed by atoms with Crippen molar-refractivity contribution in [1.82, 2.24) is 10.2 Å². The average molecular weight is 427 g/mol. The molecule has 0 unspecified atom stereocenters. The van der Waals surface area contributed by atoms with Gasteiger partial charge in [-0.1, -0.05) is 30.3 Å². The molecule has 6 nitrogen and oxygen atoms in total. The summed E-state index contributed by atoms with van der Waals surface area (Å²) in [4.78, 5) is 2.19. The van der Waals surface area contributed by atoms with E-state index in [2.05, 4.69) is 34.5 Å². The molecule has 1 atom stereocenters. The Bertz CT molecular complexity index is 833. The molecule has 1 heterocycles. The van der Waals surface area contributed by atoms with Gasteiger partial charge >= 0.3 is 0 Å². The van der Waals surface area contributed by atoms with Gasteiger partial charge in [0.15, 0.2) is 0 Å². The molecule has 31 heavy (non-hydrogen) atoms. The van der Waals surface area contributed by atoms with Gasteiger partial charge in [0.25, 0.3) is 0 Å². The summed E-state index contributed by atoms with van der Waals surface area (Å²) in [5.41, 5.74) is 2.39. The zero-order valence-corrected chi connectivity index (χ0v) is 18.3. The van der Waals surface area contributed by atoms with E-state index in [1.54, 1.807) is 7.11 Å². The smallest absolute Gasteiger partial charge is 0.124 e. The number of hydrogen-bond donors (Lipinski definition) is 3. The maximum absolute atomic E-state index is 10.5. The minimum absolute atomic E-state index is 0.0416. The summed E-state index contributed by atoms with van der Waals surface area (Å²) in [6, 6.07) is 16.4. The van der Waals surface area contributed by atoms with Gasteiger partial charge in [-0.15, -0.1) is 0 Å². The Morgan fingerprint density at radius 3 is 2.55 bits per heavy atom. The molecular formula is C25H34N2O4. The normalized spacial score (nSPS) is 19.7. The van der Waals surface area contributed by atoms with Gasteiger partial charge in [-0.3, -0.25) is 0 Å². The summed E-state index contributed by atoms with van der Waals surface area (Å²) in [5, 5.41) is 23.8. The van der Waals surface area contributed by atoms with Crippen molar-refractivity contribution in [3.63, 3.8) is 0 Å². The molecule has 0 spiro atoms. The van der Waals surface area contributed by atoms with E-state index in [1.807, 2.05) is 24.3 Å². The van der Waals surface area contributed by atoms with Crippen molar-refractivity contribution < 1.29 is 19.7 Å². The molecule has 2 aromatic carbocycles. The fourth-order valence-corrected chi connectivity index (χ4v) is 4.31. The Balaban J connectivity index is 1.35. The van der Waals surface area contributed by atoms with Crippen molar-refractivity contribution in [1.29, 1.82) is 0 Å². The van der Waals surface area contributed by atoms with Crippen LogP contribution in [0.1, 0.15) is 36.8 Å². The number of likely N-dealkylation sites (tertiary alicyclic amines) is 1. The second kappa shape index (κ2) is 10.0. The quantitative estimate of drug-likeness (QED) is 0.543. The molecule has 2 fully saturated rings. The number of β-amino-alcohol motifs (C(OH)–C–C–N with tert-alkyl or cyclic N) is 1. The van der Waals surface area contributed by atoms with Crippen LogP contribution in [-0.2, 0) is 12.1 Å². The van der Waals surface area contributed by atoms with E-state index in [0.29, 0.717) is 13.1 Å². The number of aliphatic hydroxyl groups excluding tert-OH is 2. The largest absolute Gasteiger partial charge is 0.497 e. The predicted molar refractivity (Wildman–Crippen MR) is 120 cm³/mol. The van der Waals surface area contributed by atoms with Crippen molar-refractivity contribution in [2.75, 3.05) is 33.4 Å². The van der Waals surface area contributed by atoms with Crippen LogP contribution in [0.2, 0.25) is 0 Å². The lowest BCUT2D eigenvalue weighted by Gasteiger charge is -2.31. The van der Waals surface area contributed by atoms with Gasteiger partial charge in [0, 0.05) is 37.3 Å². The summed E-state index contributed by atoms with van der Waals surface area (Å²) in [6.45, 7) is 3.10. The van der Waals surface area contributed by atoms with Gasteiger partial charge in [-0.05, 0) is 49.4 Å². The molecule has 0 amide bonds. The fraction of sp³-hybridized carbons (Fsp3) is 0.520. The summed E-state index contributed by atoms with van der Waals surface area (Å²) >= 11 is 0. The molecule has 1 saturated heterocycles. The van der Waals surface area contributed by atoms with Crippen LogP contribution in [0.4, 0.5) is 0 Å². The standard InChI is InChI=1S/C25H34N2O4/c1-30-23-7-8-24(31-18-22(29)17-27-13-9-21(28)10-14-27)19(15-23)16-26-25(11-12-25)20-5-3-2-4-6-20/h2-8,15,21-22,26,28-29H,9-14,16-18H2,1H3/t22-/m0/s1. The lowest BCUT2D eigenvalue weighted by molar-refractivity contribution is 0.0336. The first-order valence-electron chi connectivity index (χ1n) is 11.3. The molecule has 0 aromatic heterocycles. The van der Waals surface area contributed by atoms with Crippen LogP contribution < -0.4 is 14.8 Å². The molecule has 1 aliphatic carbocycles. The van der Waals surface area contributed by atoms with Crippen molar-refractivity contribution in [3.8, 4) is 11.5 Å². The minimum Gasteiger partial charge on any atom is -0.497 e. The van der Waals surface area contributed by atoms with E-state index < -0.39 is 6.10 Å². The van der Waals surface area contributed by atoms with Crippen LogP contribution in [0.25, 0.3) is 0 Å². The molecular weight excluding hydrogens is 392 g/mol. The number of benzene rings is 2. The second-order valence-corrected chi connectivity index (χ2v) is 8.77. The van der Waals surface area contributed by atoms with E-state index in [-0.39, 0.29) is 18.2 Å². The highest BCUT2D eigenvalue weighted by Gasteiger charge is 2.43. The third kappa shape index (κ3) is 5.77. The Morgan fingerprint density at radius 1 is 1.13 bits per heavy atom. The van der Waals surface area contributed by atoms with E-state index in [1.165, 1.54) is 5.56 Å². The van der Waals surface area contributed by atoms with Crippen LogP contribution in [0.3, 0.4) is 0 Å². The summed E-state index contributed by atoms with van der Waals surface area (Å²) in [6.07, 6.45) is 3.01. The number of piperidine rings is 1. The predicted octanol–water partition coefficient (Wildman–Crippen LogP) is 2.67. The van der Waals surface area contributed by atoms with Crippen LogP contribution in [0, 0.1) is 0 Å². The summed E-state index contributed by atoms with van der Waals surface area (Å²) in [7, 11) is 1.67. The molecule has 2 aromatic rings. The third-order valence-electron chi connectivity index (χ3n) is 6.42. The van der Waals surface area contributed by atoms with Gasteiger partial charge in [-0.25, -0.2) is 0 Å². The van der Waals surface area contributed by atoms with Crippen LogP contribution in [-0.4, -0.2) is 60.7 Å². The topological polar surface area (TPSA) is 74.2 Å². The number of methoxy groups -OCH3 is 1. The molecule has 0 bridgehead atoms. The monoisotopic (exact) mass is 426 g/mol. The van der Waals surface area contributed by atoms with E-state index >= 15 is 0 Å². The number of aliphatic hydroxyl groups is 2. The Morgan fingerprint density at radius 2 is 1.87 bits per heavy atom. The molecule has 3 N–H and O–H groups in total. The number of ether oxygens (including phenoxy) is 2. The Labute approximate surface area is 184 Å². The molecule has 1 saturated carbocycles. The first-order valence-corrected chi connectivity index (χ1v) is 11.3. The van der Waals surface area contributed by atoms with E-state index in [4.69, 9.17) is 9.47 Å². The zero-order valence-electron chi connectivity index (χ0n) is 18.3. The molecule has 4 rings (SSSR count). The summed E-state index contributed by atoms with van der Waals surface area (Å²) < 4.78 is 11.4. The fourth-order valence-electron chi connectivity index (χ4n) is 4.31. The third-order valence-corrected chi connectivity index (χ3v) is 6.42. The van der Waals surface area contributed by atoms with Crippen molar-refractivity contribution in [2.45, 2.75) is 50.0 Å². The highest BCUT2D eigenvalue weighted by Crippen LogP contribution is 2.45. The Hall–Kier alpha value is -2.12. The first-order chi connectivity index (χ1) is 15.1. The van der Waals surface area contributed by atoms with Gasteiger partial charge in [0.2, 0.25) is 0 Å². The van der Waals surface area contributed by atoms with Gasteiger partial charge in [0.1, 0.15) is 24.2 Å². The van der Waals surface area contributed by atoms with Crippen LogP contribution >= 0.6 is 0 Å². The van der Waals surface area contributed by atoms with E-state index in [9.17, 15) is 10.2 Å². The molecule has 0 radical (unpaired) electrons. The molecule has 6 heteroatoms. The lowest BCUT2D eigenvalue weighted by Crippen LogP contribution is -2.41. The van der Waals surface area contributed by atoms with Crippen LogP contribution in [0.5, 0.6) is 11.5 Å². The summed E-state index contributed by atoms with van der Waals surface area (Å²) in [5.74, 6) is 1.56. The highest BCUT2D eigenvalue weighted by atomic mass is 16.5. The average Bonchev–Trinajstić information content (AvgIpc) is 3.60. The minimum atomic E-state index is -0.572. The number of nitrogens with one attached hydrogen (secondary N) is 1. The number of rotatable bonds is 10. The van der Waals surface area contributed by atoms with E-state index in [0.717, 1.165) is 55.8 Å². The maximum atomic E-state index is 10.5. The zero-order chi connectivity index (χ0) is 21.7. The van der Waals surface area contributed by atoms with Gasteiger partial charge in [0.05, 0.1) is 13.2 Å². The second-order valence-electron chi connectivity index (χ2n) is 8.77. The SMILES string of the molecule is COc1ccc(OC[C@@H](O)CN2CCC(O)CC2)c(CNC2(c3ccccc3)CC2)c1. The van der Waals surface area contributed by atoms with Gasteiger partial charge in [-0.2, -0.15) is 0 Å². The maximum Gasteiger partial charge on any atom is 0.124 e. The molecule has 2 aliphatic rings. The van der Waals surface area contributed by atoms with Gasteiger partial charge < -0.3 is 29.9 Å². The highest BCUT2D eigenvalue weighted by molar-refractivity contribution is 5.41. The van der Waals surface area contributed by atoms with Crippen molar-refractivity contribution in [3.05, 3.63) is 59.7 Å². The molecule has 1 aliphatic heterocycles. The van der Waals surface area contributed by atoms with Crippen molar-refractivity contribution in [2.24, 2.45) is 0 Å². The van der Waals surface area contributed by atoms with Crippen molar-refractivity contribution >= 4 is 0 Å². The Kier molecular flexibility index (Phi) is 7.13. The number of nitrogens with zero attached hydrogens (tertiary/aromatic N) is 1.